The van der Waals surface area contributed by atoms with Crippen LogP contribution in [-0.4, -0.2) is 16.0 Å². The first kappa shape index (κ1) is 13.1. The fraction of sp³-hybridized carbons (Fsp3) is 0.364. The molecule has 16 heavy (non-hydrogen) atoms. The van der Waals surface area contributed by atoms with Crippen LogP contribution in [-0.2, 0) is 0 Å². The number of Topliss-reactive ketones (excluding diaryl/α,β-unsaturated/α-hetero) is 1. The van der Waals surface area contributed by atoms with Gasteiger partial charge in [-0.25, -0.2) is 0 Å². The first-order chi connectivity index (χ1) is 7.22. The first-order valence-electron chi connectivity index (χ1n) is 4.59. The van der Waals surface area contributed by atoms with Crippen LogP contribution in [0.5, 0.6) is 0 Å². The minimum absolute atomic E-state index is 0.288. The van der Waals surface area contributed by atoms with Crippen LogP contribution in [0.3, 0.4) is 0 Å². The highest BCUT2D eigenvalue weighted by atomic mass is 32.2. The molecule has 0 aliphatic heterocycles. The van der Waals surface area contributed by atoms with E-state index in [0.29, 0.717) is 5.56 Å². The summed E-state index contributed by atoms with van der Waals surface area (Å²) in [6.45, 7) is 2.56. The Kier molecular flexibility index (Phi) is 3.68. The molecule has 0 saturated heterocycles. The summed E-state index contributed by atoms with van der Waals surface area (Å²) in [6.07, 6.45) is 0. The SMILES string of the molecule is CC(C)(SC(F)(F)F)C(=O)c1ccccc1. The van der Waals surface area contributed by atoms with E-state index in [1.807, 2.05) is 0 Å². The quantitative estimate of drug-likeness (QED) is 0.754. The van der Waals surface area contributed by atoms with Gasteiger partial charge in [0.25, 0.3) is 0 Å². The van der Waals surface area contributed by atoms with Crippen LogP contribution in [0, 0.1) is 0 Å². The third kappa shape index (κ3) is 3.56. The summed E-state index contributed by atoms with van der Waals surface area (Å²) in [4.78, 5) is 11.8. The second-order valence-electron chi connectivity index (χ2n) is 3.75. The number of halogens is 3. The topological polar surface area (TPSA) is 17.1 Å². The molecule has 0 fully saturated rings. The van der Waals surface area contributed by atoms with Crippen molar-refractivity contribution in [3.63, 3.8) is 0 Å². The van der Waals surface area contributed by atoms with Crippen LogP contribution in [0.2, 0.25) is 0 Å². The minimum Gasteiger partial charge on any atom is -0.293 e. The van der Waals surface area contributed by atoms with Gasteiger partial charge in [0.05, 0.1) is 4.75 Å². The number of benzene rings is 1. The molecule has 0 aliphatic carbocycles. The molecule has 0 bridgehead atoms. The van der Waals surface area contributed by atoms with Gasteiger partial charge in [-0.15, -0.1) is 0 Å². The molecule has 0 N–H and O–H groups in total. The molecule has 0 aromatic heterocycles. The van der Waals surface area contributed by atoms with Crippen molar-refractivity contribution in [3.05, 3.63) is 35.9 Å². The standard InChI is InChI=1S/C11H11F3OS/c1-10(2,16-11(12,13)14)9(15)8-6-4-3-5-7-8/h3-7H,1-2H3. The lowest BCUT2D eigenvalue weighted by Crippen LogP contribution is -2.31. The maximum absolute atomic E-state index is 12.2. The molecule has 0 atom stereocenters. The number of carbonyl (C=O) groups excluding carboxylic acids is 1. The summed E-state index contributed by atoms with van der Waals surface area (Å²) < 4.78 is 35.2. The molecule has 0 radical (unpaired) electrons. The Morgan fingerprint density at radius 2 is 1.62 bits per heavy atom. The van der Waals surface area contributed by atoms with Gasteiger partial charge >= 0.3 is 5.51 Å². The summed E-state index contributed by atoms with van der Waals surface area (Å²) >= 11 is -0.288. The van der Waals surface area contributed by atoms with E-state index < -0.39 is 16.0 Å². The van der Waals surface area contributed by atoms with E-state index in [2.05, 4.69) is 0 Å². The van der Waals surface area contributed by atoms with Gasteiger partial charge in [0.2, 0.25) is 0 Å². The smallest absolute Gasteiger partial charge is 0.293 e. The zero-order valence-corrected chi connectivity index (χ0v) is 9.65. The van der Waals surface area contributed by atoms with Gasteiger partial charge in [-0.2, -0.15) is 13.2 Å². The molecular formula is C11H11F3OS. The van der Waals surface area contributed by atoms with E-state index in [4.69, 9.17) is 0 Å². The van der Waals surface area contributed by atoms with Gasteiger partial charge in [0.15, 0.2) is 5.78 Å². The monoisotopic (exact) mass is 248 g/mol. The van der Waals surface area contributed by atoms with Gasteiger partial charge in [-0.3, -0.25) is 4.79 Å². The fourth-order valence-corrected chi connectivity index (χ4v) is 2.06. The summed E-state index contributed by atoms with van der Waals surface area (Å²) in [5.74, 6) is -0.518. The number of rotatable bonds is 3. The van der Waals surface area contributed by atoms with Crippen LogP contribution in [0.15, 0.2) is 30.3 Å². The molecule has 0 aliphatic rings. The maximum Gasteiger partial charge on any atom is 0.442 e. The molecule has 0 amide bonds. The predicted molar refractivity (Wildman–Crippen MR) is 58.5 cm³/mol. The average molecular weight is 248 g/mol. The van der Waals surface area contributed by atoms with Crippen LogP contribution in [0.1, 0.15) is 24.2 Å². The third-order valence-corrected chi connectivity index (χ3v) is 2.88. The van der Waals surface area contributed by atoms with Crippen molar-refractivity contribution >= 4 is 17.5 Å². The summed E-state index contributed by atoms with van der Waals surface area (Å²) in [5.41, 5.74) is -4.11. The van der Waals surface area contributed by atoms with E-state index in [-0.39, 0.29) is 11.8 Å². The van der Waals surface area contributed by atoms with Crippen molar-refractivity contribution < 1.29 is 18.0 Å². The summed E-state index contributed by atoms with van der Waals surface area (Å²) in [6, 6.07) is 7.99. The van der Waals surface area contributed by atoms with Crippen LogP contribution in [0.4, 0.5) is 13.2 Å². The molecule has 0 spiro atoms. The van der Waals surface area contributed by atoms with E-state index in [0.717, 1.165) is 0 Å². The summed E-state index contributed by atoms with van der Waals surface area (Å²) in [7, 11) is 0. The van der Waals surface area contributed by atoms with Gasteiger partial charge in [0.1, 0.15) is 0 Å². The highest BCUT2D eigenvalue weighted by Gasteiger charge is 2.42. The largest absolute Gasteiger partial charge is 0.442 e. The van der Waals surface area contributed by atoms with E-state index in [1.54, 1.807) is 18.2 Å². The second kappa shape index (κ2) is 4.49. The zero-order chi connectivity index (χ0) is 12.4. The van der Waals surface area contributed by atoms with Crippen molar-refractivity contribution in [2.75, 3.05) is 0 Å². The van der Waals surface area contributed by atoms with Crippen molar-refractivity contribution in [1.29, 1.82) is 0 Å². The summed E-state index contributed by atoms with van der Waals surface area (Å²) in [5, 5.41) is 0. The molecule has 1 nitrogen and oxygen atoms in total. The molecule has 5 heteroatoms. The Morgan fingerprint density at radius 1 is 1.12 bits per heavy atom. The Labute approximate surface area is 96.0 Å². The Hall–Kier alpha value is -0.970. The van der Waals surface area contributed by atoms with Crippen LogP contribution >= 0.6 is 11.8 Å². The lowest BCUT2D eigenvalue weighted by Gasteiger charge is -2.23. The Bertz CT molecular complexity index is 371. The average Bonchev–Trinajstić information content (AvgIpc) is 2.14. The van der Waals surface area contributed by atoms with Crippen molar-refractivity contribution in [1.82, 2.24) is 0 Å². The van der Waals surface area contributed by atoms with Gasteiger partial charge < -0.3 is 0 Å². The number of hydrogen-bond acceptors (Lipinski definition) is 2. The normalized spacial score (nSPS) is 12.6. The number of carbonyl (C=O) groups is 1. The molecule has 0 unspecified atom stereocenters. The van der Waals surface area contributed by atoms with Gasteiger partial charge in [-0.05, 0) is 25.6 Å². The van der Waals surface area contributed by atoms with E-state index >= 15 is 0 Å². The van der Waals surface area contributed by atoms with Gasteiger partial charge in [0, 0.05) is 5.56 Å². The fourth-order valence-electron chi connectivity index (χ4n) is 1.27. The lowest BCUT2D eigenvalue weighted by atomic mass is 10.0. The van der Waals surface area contributed by atoms with Crippen LogP contribution in [0.25, 0.3) is 0 Å². The lowest BCUT2D eigenvalue weighted by molar-refractivity contribution is -0.0339. The predicted octanol–water partition coefficient (Wildman–Crippen LogP) is 3.90. The third-order valence-electron chi connectivity index (χ3n) is 1.95. The van der Waals surface area contributed by atoms with Crippen molar-refractivity contribution in [2.45, 2.75) is 24.1 Å². The number of ketones is 1. The molecule has 0 heterocycles. The maximum atomic E-state index is 12.2. The molecule has 1 rings (SSSR count). The number of alkyl halides is 3. The second-order valence-corrected chi connectivity index (χ2v) is 5.44. The van der Waals surface area contributed by atoms with Crippen LogP contribution < -0.4 is 0 Å². The van der Waals surface area contributed by atoms with E-state index in [1.165, 1.54) is 26.0 Å². The zero-order valence-electron chi connectivity index (χ0n) is 8.84. The highest BCUT2D eigenvalue weighted by molar-refractivity contribution is 8.02. The highest BCUT2D eigenvalue weighted by Crippen LogP contribution is 2.41. The van der Waals surface area contributed by atoms with E-state index in [9.17, 15) is 18.0 Å². The van der Waals surface area contributed by atoms with Crippen molar-refractivity contribution in [3.8, 4) is 0 Å². The number of hydrogen-bond donors (Lipinski definition) is 0. The first-order valence-corrected chi connectivity index (χ1v) is 5.41. The molecule has 1 aromatic rings. The molecule has 0 saturated carbocycles. The molecular weight excluding hydrogens is 237 g/mol. The minimum atomic E-state index is -4.41. The van der Waals surface area contributed by atoms with Crippen molar-refractivity contribution in [2.24, 2.45) is 0 Å². The van der Waals surface area contributed by atoms with Gasteiger partial charge in [-0.1, -0.05) is 30.3 Å². The number of thioether (sulfide) groups is 1. The molecule has 1 aromatic carbocycles. The Balaban J connectivity index is 2.89. The molecule has 88 valence electrons. The Morgan fingerprint density at radius 3 is 2.06 bits per heavy atom.